The number of carbonyl (C=O) groups is 1. The van der Waals surface area contributed by atoms with E-state index in [9.17, 15) is 4.79 Å². The molecule has 0 bridgehead atoms. The van der Waals surface area contributed by atoms with Gasteiger partial charge in [0.15, 0.2) is 0 Å². The largest absolute Gasteiger partial charge is 0.395 e. The third-order valence-electron chi connectivity index (χ3n) is 2.27. The van der Waals surface area contributed by atoms with E-state index in [1.807, 2.05) is 13.8 Å². The first kappa shape index (κ1) is 11.7. The highest BCUT2D eigenvalue weighted by Gasteiger charge is 2.20. The van der Waals surface area contributed by atoms with Gasteiger partial charge in [0.1, 0.15) is 5.69 Å². The average Bonchev–Trinajstić information content (AvgIpc) is 2.59. The number of aliphatic hydroxyl groups excluding tert-OH is 1. The number of rotatable bonds is 4. The normalized spacial score (nSPS) is 10.7. The van der Waals surface area contributed by atoms with Crippen LogP contribution in [0.4, 0.5) is 0 Å². The zero-order valence-corrected chi connectivity index (χ0v) is 9.34. The van der Waals surface area contributed by atoms with Crippen LogP contribution in [-0.2, 0) is 7.05 Å². The monoisotopic (exact) mass is 211 g/mol. The van der Waals surface area contributed by atoms with Crippen LogP contribution < -0.4 is 0 Å². The van der Waals surface area contributed by atoms with Gasteiger partial charge in [-0.1, -0.05) is 0 Å². The lowest BCUT2D eigenvalue weighted by molar-refractivity contribution is 0.0654. The highest BCUT2D eigenvalue weighted by atomic mass is 16.3. The summed E-state index contributed by atoms with van der Waals surface area (Å²) in [7, 11) is 1.73. The van der Waals surface area contributed by atoms with Gasteiger partial charge in [0.05, 0.1) is 6.61 Å². The lowest BCUT2D eigenvalue weighted by atomic mass is 10.2. The van der Waals surface area contributed by atoms with E-state index in [0.717, 1.165) is 0 Å². The number of aliphatic hydroxyl groups is 1. The molecule has 0 atom stereocenters. The van der Waals surface area contributed by atoms with Crippen molar-refractivity contribution >= 4 is 5.91 Å². The summed E-state index contributed by atoms with van der Waals surface area (Å²) in [5.41, 5.74) is 0.539. The standard InChI is InChI=1S/C10H17N3O2/c1-8(2)13(6-7-14)10(15)9-4-5-11-12(9)3/h4-5,8,14H,6-7H2,1-3H3. The van der Waals surface area contributed by atoms with Crippen molar-refractivity contribution < 1.29 is 9.90 Å². The van der Waals surface area contributed by atoms with Gasteiger partial charge in [0, 0.05) is 25.8 Å². The summed E-state index contributed by atoms with van der Waals surface area (Å²) in [5, 5.41) is 12.8. The predicted molar refractivity (Wildman–Crippen MR) is 56.5 cm³/mol. The summed E-state index contributed by atoms with van der Waals surface area (Å²) in [6, 6.07) is 1.74. The Morgan fingerprint density at radius 1 is 1.67 bits per heavy atom. The van der Waals surface area contributed by atoms with Crippen LogP contribution >= 0.6 is 0 Å². The molecule has 0 radical (unpaired) electrons. The molecule has 84 valence electrons. The van der Waals surface area contributed by atoms with E-state index in [-0.39, 0.29) is 18.6 Å². The maximum atomic E-state index is 12.0. The number of aryl methyl sites for hydroxylation is 1. The Hall–Kier alpha value is -1.36. The topological polar surface area (TPSA) is 58.4 Å². The number of carbonyl (C=O) groups excluding carboxylic acids is 1. The quantitative estimate of drug-likeness (QED) is 0.777. The molecule has 0 saturated heterocycles. The smallest absolute Gasteiger partial charge is 0.272 e. The molecule has 1 amide bonds. The Labute approximate surface area is 89.3 Å². The Balaban J connectivity index is 2.86. The van der Waals surface area contributed by atoms with Crippen LogP contribution in [-0.4, -0.2) is 44.9 Å². The van der Waals surface area contributed by atoms with Gasteiger partial charge in [0.25, 0.3) is 5.91 Å². The fourth-order valence-electron chi connectivity index (χ4n) is 1.43. The van der Waals surface area contributed by atoms with Gasteiger partial charge < -0.3 is 10.0 Å². The highest BCUT2D eigenvalue weighted by molar-refractivity contribution is 5.92. The molecule has 1 N–H and O–H groups in total. The summed E-state index contributed by atoms with van der Waals surface area (Å²) in [6.07, 6.45) is 1.59. The minimum Gasteiger partial charge on any atom is -0.395 e. The zero-order valence-electron chi connectivity index (χ0n) is 9.34. The molecule has 0 unspecified atom stereocenters. The van der Waals surface area contributed by atoms with Crippen LogP contribution in [0.2, 0.25) is 0 Å². The van der Waals surface area contributed by atoms with Crippen molar-refractivity contribution in [1.82, 2.24) is 14.7 Å². The van der Waals surface area contributed by atoms with Crippen molar-refractivity contribution in [2.75, 3.05) is 13.2 Å². The third-order valence-corrected chi connectivity index (χ3v) is 2.27. The molecule has 0 saturated carbocycles. The first-order valence-corrected chi connectivity index (χ1v) is 4.97. The molecule has 5 nitrogen and oxygen atoms in total. The predicted octanol–water partition coefficient (Wildman–Crippen LogP) is 0.263. The minimum atomic E-state index is -0.0981. The number of hydrogen-bond donors (Lipinski definition) is 1. The second kappa shape index (κ2) is 4.93. The summed E-state index contributed by atoms with van der Waals surface area (Å²) in [4.78, 5) is 13.6. The van der Waals surface area contributed by atoms with Crippen LogP contribution in [0.3, 0.4) is 0 Å². The Morgan fingerprint density at radius 2 is 2.33 bits per heavy atom. The fraction of sp³-hybridized carbons (Fsp3) is 0.600. The number of aromatic nitrogens is 2. The summed E-state index contributed by atoms with van der Waals surface area (Å²) in [6.45, 7) is 4.16. The Morgan fingerprint density at radius 3 is 2.73 bits per heavy atom. The second-order valence-corrected chi connectivity index (χ2v) is 3.66. The first-order chi connectivity index (χ1) is 7.07. The van der Waals surface area contributed by atoms with Crippen LogP contribution in [0.25, 0.3) is 0 Å². The molecule has 0 aliphatic heterocycles. The molecule has 0 spiro atoms. The molecular weight excluding hydrogens is 194 g/mol. The van der Waals surface area contributed by atoms with Crippen molar-refractivity contribution in [3.63, 3.8) is 0 Å². The summed E-state index contributed by atoms with van der Waals surface area (Å²) >= 11 is 0. The van der Waals surface area contributed by atoms with E-state index in [0.29, 0.717) is 12.2 Å². The van der Waals surface area contributed by atoms with Gasteiger partial charge in [-0.2, -0.15) is 5.10 Å². The molecule has 0 aromatic carbocycles. The maximum Gasteiger partial charge on any atom is 0.272 e. The van der Waals surface area contributed by atoms with Crippen molar-refractivity contribution in [2.45, 2.75) is 19.9 Å². The van der Waals surface area contributed by atoms with E-state index >= 15 is 0 Å². The molecule has 1 heterocycles. The van der Waals surface area contributed by atoms with E-state index in [1.54, 1.807) is 24.2 Å². The van der Waals surface area contributed by atoms with Gasteiger partial charge in [0.2, 0.25) is 0 Å². The van der Waals surface area contributed by atoms with Crippen molar-refractivity contribution in [1.29, 1.82) is 0 Å². The lowest BCUT2D eigenvalue weighted by Gasteiger charge is -2.25. The van der Waals surface area contributed by atoms with Gasteiger partial charge >= 0.3 is 0 Å². The van der Waals surface area contributed by atoms with Crippen molar-refractivity contribution in [3.05, 3.63) is 18.0 Å². The van der Waals surface area contributed by atoms with Crippen LogP contribution in [0.15, 0.2) is 12.3 Å². The number of nitrogens with zero attached hydrogens (tertiary/aromatic N) is 3. The average molecular weight is 211 g/mol. The number of hydrogen-bond acceptors (Lipinski definition) is 3. The van der Waals surface area contributed by atoms with Crippen LogP contribution in [0.5, 0.6) is 0 Å². The van der Waals surface area contributed by atoms with Gasteiger partial charge in [-0.05, 0) is 19.9 Å². The van der Waals surface area contributed by atoms with E-state index in [1.165, 1.54) is 4.68 Å². The summed E-state index contributed by atoms with van der Waals surface area (Å²) < 4.78 is 1.54. The third kappa shape index (κ3) is 2.56. The molecule has 0 aliphatic carbocycles. The van der Waals surface area contributed by atoms with Crippen LogP contribution in [0.1, 0.15) is 24.3 Å². The van der Waals surface area contributed by atoms with Gasteiger partial charge in [-0.15, -0.1) is 0 Å². The molecule has 15 heavy (non-hydrogen) atoms. The molecule has 1 aromatic rings. The maximum absolute atomic E-state index is 12.0. The first-order valence-electron chi connectivity index (χ1n) is 4.97. The lowest BCUT2D eigenvalue weighted by Crippen LogP contribution is -2.39. The molecule has 0 fully saturated rings. The Kier molecular flexibility index (Phi) is 3.85. The molecule has 1 aromatic heterocycles. The van der Waals surface area contributed by atoms with E-state index in [4.69, 9.17) is 5.11 Å². The summed E-state index contributed by atoms with van der Waals surface area (Å²) in [5.74, 6) is -0.0981. The van der Waals surface area contributed by atoms with E-state index < -0.39 is 0 Å². The molecule has 0 aliphatic rings. The minimum absolute atomic E-state index is 0.0260. The molecular formula is C10H17N3O2. The number of amides is 1. The van der Waals surface area contributed by atoms with Gasteiger partial charge in [-0.25, -0.2) is 0 Å². The highest BCUT2D eigenvalue weighted by Crippen LogP contribution is 2.06. The van der Waals surface area contributed by atoms with Crippen molar-refractivity contribution in [3.8, 4) is 0 Å². The zero-order chi connectivity index (χ0) is 11.4. The van der Waals surface area contributed by atoms with Crippen molar-refractivity contribution in [2.24, 2.45) is 7.05 Å². The van der Waals surface area contributed by atoms with E-state index in [2.05, 4.69) is 5.10 Å². The Bertz CT molecular complexity index is 333. The SMILES string of the molecule is CC(C)N(CCO)C(=O)c1ccnn1C. The van der Waals surface area contributed by atoms with Gasteiger partial charge in [-0.3, -0.25) is 9.48 Å². The van der Waals surface area contributed by atoms with Crippen LogP contribution in [0, 0.1) is 0 Å². The molecule has 5 heteroatoms. The fourth-order valence-corrected chi connectivity index (χ4v) is 1.43. The second-order valence-electron chi connectivity index (χ2n) is 3.66. The molecule has 1 rings (SSSR count).